The van der Waals surface area contributed by atoms with Crippen molar-refractivity contribution in [2.24, 2.45) is 5.10 Å². The number of furan rings is 1. The summed E-state index contributed by atoms with van der Waals surface area (Å²) < 4.78 is 18.4. The number of nitrogens with zero attached hydrogens (tertiary/aromatic N) is 2. The molecule has 3 aromatic rings. The fraction of sp³-hybridized carbons (Fsp3) is 0.100. The lowest BCUT2D eigenvalue weighted by atomic mass is 9.97. The number of amides is 1. The SMILES string of the molecule is O=C(c1ccco1)N1N=C(c2ccc(F)cc2)CC1c1ccccc1O. The van der Waals surface area contributed by atoms with Crippen LogP contribution in [-0.2, 0) is 0 Å². The lowest BCUT2D eigenvalue weighted by Crippen LogP contribution is -2.26. The summed E-state index contributed by atoms with van der Waals surface area (Å²) in [6.45, 7) is 0. The lowest BCUT2D eigenvalue weighted by molar-refractivity contribution is 0.0677. The third-order valence-corrected chi connectivity index (χ3v) is 4.32. The Morgan fingerprint density at radius 2 is 1.88 bits per heavy atom. The molecule has 1 N–H and O–H groups in total. The Balaban J connectivity index is 1.75. The molecule has 2 heterocycles. The van der Waals surface area contributed by atoms with Crippen molar-refractivity contribution in [3.8, 4) is 5.75 Å². The van der Waals surface area contributed by atoms with Gasteiger partial charge in [-0.15, -0.1) is 0 Å². The van der Waals surface area contributed by atoms with Gasteiger partial charge in [0.15, 0.2) is 5.76 Å². The molecule has 0 bridgehead atoms. The van der Waals surface area contributed by atoms with Crippen LogP contribution < -0.4 is 0 Å². The minimum atomic E-state index is -0.478. The molecule has 130 valence electrons. The van der Waals surface area contributed by atoms with Crippen molar-refractivity contribution >= 4 is 11.6 Å². The van der Waals surface area contributed by atoms with Crippen molar-refractivity contribution < 1.29 is 18.7 Å². The Labute approximate surface area is 149 Å². The first-order chi connectivity index (χ1) is 12.6. The second-order valence-corrected chi connectivity index (χ2v) is 5.96. The van der Waals surface area contributed by atoms with Crippen LogP contribution in [0.15, 0.2) is 76.4 Å². The van der Waals surface area contributed by atoms with Crippen LogP contribution in [0.1, 0.15) is 34.1 Å². The van der Waals surface area contributed by atoms with Crippen molar-refractivity contribution in [3.63, 3.8) is 0 Å². The number of hydrazone groups is 1. The second kappa shape index (κ2) is 6.48. The van der Waals surface area contributed by atoms with Gasteiger partial charge in [0, 0.05) is 12.0 Å². The minimum Gasteiger partial charge on any atom is -0.508 e. The van der Waals surface area contributed by atoms with E-state index >= 15 is 0 Å². The molecule has 1 aliphatic rings. The molecule has 2 aromatic carbocycles. The number of rotatable bonds is 3. The van der Waals surface area contributed by atoms with Crippen LogP contribution in [0.4, 0.5) is 4.39 Å². The molecule has 0 fully saturated rings. The van der Waals surface area contributed by atoms with Gasteiger partial charge in [0.25, 0.3) is 0 Å². The molecule has 1 aromatic heterocycles. The first-order valence-electron chi connectivity index (χ1n) is 8.12. The summed E-state index contributed by atoms with van der Waals surface area (Å²) in [5.74, 6) is -0.492. The number of aromatic hydroxyl groups is 1. The number of halogens is 1. The van der Waals surface area contributed by atoms with Crippen molar-refractivity contribution in [1.29, 1.82) is 0 Å². The van der Waals surface area contributed by atoms with E-state index in [0.29, 0.717) is 17.7 Å². The largest absolute Gasteiger partial charge is 0.508 e. The molecule has 0 spiro atoms. The van der Waals surface area contributed by atoms with Crippen LogP contribution in [0, 0.1) is 5.82 Å². The molecule has 0 saturated heterocycles. The Morgan fingerprint density at radius 3 is 2.58 bits per heavy atom. The fourth-order valence-electron chi connectivity index (χ4n) is 3.04. The predicted molar refractivity (Wildman–Crippen MR) is 93.3 cm³/mol. The standard InChI is InChI=1S/C20H15FN2O3/c21-14-9-7-13(8-10-14)16-12-17(15-4-1-2-5-18(15)24)23(22-16)20(25)19-6-3-11-26-19/h1-11,17,24H,12H2. The van der Waals surface area contributed by atoms with Gasteiger partial charge in [0.2, 0.25) is 0 Å². The first kappa shape index (κ1) is 16.1. The van der Waals surface area contributed by atoms with Crippen LogP contribution >= 0.6 is 0 Å². The van der Waals surface area contributed by atoms with E-state index < -0.39 is 11.9 Å². The molecule has 4 rings (SSSR count). The smallest absolute Gasteiger partial charge is 0.310 e. The molecule has 1 amide bonds. The van der Waals surface area contributed by atoms with Gasteiger partial charge in [-0.1, -0.05) is 30.3 Å². The molecular weight excluding hydrogens is 335 g/mol. The Morgan fingerprint density at radius 1 is 1.12 bits per heavy atom. The van der Waals surface area contributed by atoms with E-state index in [-0.39, 0.29) is 17.3 Å². The number of phenols is 1. The fourth-order valence-corrected chi connectivity index (χ4v) is 3.04. The highest BCUT2D eigenvalue weighted by molar-refractivity contribution is 6.04. The summed E-state index contributed by atoms with van der Waals surface area (Å²) in [4.78, 5) is 12.8. The normalized spacial score (nSPS) is 16.6. The summed E-state index contributed by atoms with van der Waals surface area (Å²) in [5.41, 5.74) is 1.95. The van der Waals surface area contributed by atoms with Crippen LogP contribution in [0.2, 0.25) is 0 Å². The van der Waals surface area contributed by atoms with Gasteiger partial charge < -0.3 is 9.52 Å². The summed E-state index contributed by atoms with van der Waals surface area (Å²) in [7, 11) is 0. The molecular formula is C20H15FN2O3. The molecule has 1 aliphatic heterocycles. The van der Waals surface area contributed by atoms with Gasteiger partial charge in [-0.2, -0.15) is 5.10 Å². The molecule has 1 unspecified atom stereocenters. The van der Waals surface area contributed by atoms with Crippen LogP contribution in [0.3, 0.4) is 0 Å². The lowest BCUT2D eigenvalue weighted by Gasteiger charge is -2.21. The third-order valence-electron chi connectivity index (χ3n) is 4.32. The Hall–Kier alpha value is -3.41. The van der Waals surface area contributed by atoms with Crippen molar-refractivity contribution in [3.05, 3.63) is 89.6 Å². The number of carbonyl (C=O) groups excluding carboxylic acids is 1. The summed E-state index contributed by atoms with van der Waals surface area (Å²) in [5, 5.41) is 16.0. The maximum absolute atomic E-state index is 13.2. The Kier molecular flexibility index (Phi) is 4.01. The van der Waals surface area contributed by atoms with Crippen molar-refractivity contribution in [1.82, 2.24) is 5.01 Å². The molecule has 5 nitrogen and oxygen atoms in total. The van der Waals surface area contributed by atoms with Crippen LogP contribution in [0.5, 0.6) is 5.75 Å². The molecule has 1 atom stereocenters. The third kappa shape index (κ3) is 2.86. The van der Waals surface area contributed by atoms with Crippen molar-refractivity contribution in [2.75, 3.05) is 0 Å². The highest BCUT2D eigenvalue weighted by Gasteiger charge is 2.35. The highest BCUT2D eigenvalue weighted by Crippen LogP contribution is 2.37. The monoisotopic (exact) mass is 350 g/mol. The molecule has 0 aliphatic carbocycles. The second-order valence-electron chi connectivity index (χ2n) is 5.96. The average Bonchev–Trinajstić information content (AvgIpc) is 3.32. The topological polar surface area (TPSA) is 66.0 Å². The first-order valence-corrected chi connectivity index (χ1v) is 8.12. The van der Waals surface area contributed by atoms with E-state index in [1.54, 1.807) is 48.5 Å². The van der Waals surface area contributed by atoms with E-state index in [1.165, 1.54) is 23.4 Å². The summed E-state index contributed by atoms with van der Waals surface area (Å²) >= 11 is 0. The maximum atomic E-state index is 13.2. The van der Waals surface area contributed by atoms with Gasteiger partial charge in [0.05, 0.1) is 18.0 Å². The van der Waals surface area contributed by atoms with Gasteiger partial charge in [0.1, 0.15) is 11.6 Å². The van der Waals surface area contributed by atoms with Crippen LogP contribution in [-0.4, -0.2) is 21.7 Å². The van der Waals surface area contributed by atoms with Gasteiger partial charge in [-0.05, 0) is 35.9 Å². The average molecular weight is 350 g/mol. The predicted octanol–water partition coefficient (Wildman–Crippen LogP) is 4.12. The van der Waals surface area contributed by atoms with Crippen LogP contribution in [0.25, 0.3) is 0 Å². The number of para-hydroxylation sites is 1. The summed E-state index contributed by atoms with van der Waals surface area (Å²) in [6.07, 6.45) is 1.82. The highest BCUT2D eigenvalue weighted by atomic mass is 19.1. The van der Waals surface area contributed by atoms with E-state index in [9.17, 15) is 14.3 Å². The quantitative estimate of drug-likeness (QED) is 0.773. The van der Waals surface area contributed by atoms with E-state index in [1.807, 2.05) is 0 Å². The van der Waals surface area contributed by atoms with Crippen molar-refractivity contribution in [2.45, 2.75) is 12.5 Å². The zero-order valence-corrected chi connectivity index (χ0v) is 13.7. The van der Waals surface area contributed by atoms with E-state index in [4.69, 9.17) is 4.42 Å². The molecule has 0 radical (unpaired) electrons. The van der Waals surface area contributed by atoms with E-state index in [2.05, 4.69) is 5.10 Å². The zero-order chi connectivity index (χ0) is 18.1. The number of hydrogen-bond donors (Lipinski definition) is 1. The summed E-state index contributed by atoms with van der Waals surface area (Å²) in [6, 6.07) is 15.5. The number of phenolic OH excluding ortho intramolecular Hbond substituents is 1. The van der Waals surface area contributed by atoms with E-state index in [0.717, 1.165) is 5.56 Å². The van der Waals surface area contributed by atoms with Gasteiger partial charge >= 0.3 is 5.91 Å². The number of carbonyl (C=O) groups is 1. The molecule has 26 heavy (non-hydrogen) atoms. The Bertz CT molecular complexity index is 965. The zero-order valence-electron chi connectivity index (χ0n) is 13.7. The maximum Gasteiger partial charge on any atom is 0.310 e. The van der Waals surface area contributed by atoms with Gasteiger partial charge in [-0.3, -0.25) is 4.79 Å². The number of benzene rings is 2. The minimum absolute atomic E-state index is 0.0882. The van der Waals surface area contributed by atoms with Gasteiger partial charge in [-0.25, -0.2) is 9.40 Å². The molecule has 6 heteroatoms. The molecule has 0 saturated carbocycles. The number of hydrogen-bond acceptors (Lipinski definition) is 4.